The van der Waals surface area contributed by atoms with Gasteiger partial charge in [-0.2, -0.15) is 0 Å². The summed E-state index contributed by atoms with van der Waals surface area (Å²) in [6.45, 7) is 1.67. The first-order valence-corrected chi connectivity index (χ1v) is 7.64. The maximum absolute atomic E-state index is 12.0. The van der Waals surface area contributed by atoms with E-state index < -0.39 is 0 Å². The molecule has 20 heavy (non-hydrogen) atoms. The number of benzene rings is 1. The Morgan fingerprint density at radius 1 is 1.20 bits per heavy atom. The summed E-state index contributed by atoms with van der Waals surface area (Å²) < 4.78 is 0. The van der Waals surface area contributed by atoms with Gasteiger partial charge >= 0.3 is 0 Å². The molecule has 2 aromatic rings. The quantitative estimate of drug-likeness (QED) is 0.819. The lowest BCUT2D eigenvalue weighted by atomic mass is 10.0. The molecule has 106 valence electrons. The molecule has 0 saturated heterocycles. The molecule has 0 amide bonds. The first-order chi connectivity index (χ1) is 9.83. The van der Waals surface area contributed by atoms with Gasteiger partial charge in [0.1, 0.15) is 0 Å². The number of nitrogens with one attached hydrogen (secondary N) is 2. The van der Waals surface area contributed by atoms with Gasteiger partial charge in [-0.1, -0.05) is 43.9 Å². The highest BCUT2D eigenvalue weighted by atomic mass is 16.1. The average Bonchev–Trinajstić information content (AvgIpc) is 2.97. The van der Waals surface area contributed by atoms with Gasteiger partial charge in [-0.25, -0.2) is 0 Å². The third-order valence-electron chi connectivity index (χ3n) is 4.35. The highest BCUT2D eigenvalue weighted by Crippen LogP contribution is 2.26. The lowest BCUT2D eigenvalue weighted by Crippen LogP contribution is -2.22. The molecule has 0 aliphatic heterocycles. The molecular formula is C17H22N2O. The van der Waals surface area contributed by atoms with Crippen molar-refractivity contribution in [2.45, 2.75) is 38.6 Å². The van der Waals surface area contributed by atoms with Crippen LogP contribution in [0.2, 0.25) is 0 Å². The maximum Gasteiger partial charge on any atom is 0.252 e. The Bertz CT molecular complexity index is 626. The molecule has 1 fully saturated rings. The first-order valence-electron chi connectivity index (χ1n) is 7.64. The zero-order valence-electron chi connectivity index (χ0n) is 11.8. The molecule has 3 rings (SSSR count). The van der Waals surface area contributed by atoms with Crippen molar-refractivity contribution in [3.63, 3.8) is 0 Å². The fourth-order valence-corrected chi connectivity index (χ4v) is 3.15. The van der Waals surface area contributed by atoms with Crippen molar-refractivity contribution >= 4 is 10.9 Å². The molecule has 1 aromatic heterocycles. The molecule has 0 atom stereocenters. The second-order valence-corrected chi connectivity index (χ2v) is 5.83. The van der Waals surface area contributed by atoms with E-state index in [1.165, 1.54) is 32.1 Å². The molecule has 1 heterocycles. The molecule has 0 radical (unpaired) electrons. The minimum atomic E-state index is 0.0251. The predicted molar refractivity (Wildman–Crippen MR) is 82.9 cm³/mol. The number of aromatic amines is 1. The molecule has 0 spiro atoms. The second kappa shape index (κ2) is 6.23. The Morgan fingerprint density at radius 2 is 2.00 bits per heavy atom. The number of hydrogen-bond acceptors (Lipinski definition) is 2. The third kappa shape index (κ3) is 3.10. The Balaban J connectivity index is 1.59. The zero-order valence-corrected chi connectivity index (χ0v) is 11.8. The summed E-state index contributed by atoms with van der Waals surface area (Å²) in [4.78, 5) is 14.9. The van der Waals surface area contributed by atoms with E-state index in [2.05, 4.69) is 10.3 Å². The number of aromatic nitrogens is 1. The molecule has 1 aliphatic carbocycles. The Kier molecular flexibility index (Phi) is 4.16. The van der Waals surface area contributed by atoms with E-state index in [1.54, 1.807) is 0 Å². The van der Waals surface area contributed by atoms with E-state index in [9.17, 15) is 4.79 Å². The van der Waals surface area contributed by atoms with Gasteiger partial charge in [0.15, 0.2) is 0 Å². The fourth-order valence-electron chi connectivity index (χ4n) is 3.15. The molecule has 1 saturated carbocycles. The average molecular weight is 270 g/mol. The van der Waals surface area contributed by atoms with Crippen molar-refractivity contribution in [2.75, 3.05) is 6.54 Å². The van der Waals surface area contributed by atoms with Gasteiger partial charge in [0.05, 0.1) is 0 Å². The van der Waals surface area contributed by atoms with Crippen molar-refractivity contribution in [3.8, 4) is 0 Å². The molecule has 3 heteroatoms. The zero-order chi connectivity index (χ0) is 13.8. The van der Waals surface area contributed by atoms with Crippen molar-refractivity contribution in [3.05, 3.63) is 46.2 Å². The van der Waals surface area contributed by atoms with Crippen molar-refractivity contribution in [1.82, 2.24) is 10.3 Å². The van der Waals surface area contributed by atoms with Gasteiger partial charge in [0, 0.05) is 17.6 Å². The van der Waals surface area contributed by atoms with Crippen LogP contribution in [0.25, 0.3) is 10.9 Å². The van der Waals surface area contributed by atoms with Crippen LogP contribution in [-0.2, 0) is 6.54 Å². The monoisotopic (exact) mass is 270 g/mol. The van der Waals surface area contributed by atoms with Crippen LogP contribution in [0.4, 0.5) is 0 Å². The minimum Gasteiger partial charge on any atom is -0.322 e. The third-order valence-corrected chi connectivity index (χ3v) is 4.35. The van der Waals surface area contributed by atoms with Crippen LogP contribution >= 0.6 is 0 Å². The lowest BCUT2D eigenvalue weighted by molar-refractivity contribution is 0.477. The van der Waals surface area contributed by atoms with E-state index in [1.807, 2.05) is 30.3 Å². The summed E-state index contributed by atoms with van der Waals surface area (Å²) in [5, 5.41) is 4.51. The van der Waals surface area contributed by atoms with Crippen molar-refractivity contribution in [1.29, 1.82) is 0 Å². The van der Waals surface area contributed by atoms with Gasteiger partial charge < -0.3 is 10.3 Å². The van der Waals surface area contributed by atoms with Gasteiger partial charge in [-0.05, 0) is 36.4 Å². The van der Waals surface area contributed by atoms with Gasteiger partial charge in [0.2, 0.25) is 0 Å². The minimum absolute atomic E-state index is 0.0251. The number of para-hydroxylation sites is 1. The predicted octanol–water partition coefficient (Wildman–Crippen LogP) is 3.20. The van der Waals surface area contributed by atoms with Crippen LogP contribution in [0.3, 0.4) is 0 Å². The number of fused-ring (bicyclic) bond motifs is 1. The molecule has 0 bridgehead atoms. The SMILES string of the molecule is O=c1[nH]c2ccccc2cc1CNCCC1CCCC1. The Labute approximate surface area is 119 Å². The second-order valence-electron chi connectivity index (χ2n) is 5.83. The van der Waals surface area contributed by atoms with Crippen LogP contribution in [0, 0.1) is 5.92 Å². The van der Waals surface area contributed by atoms with Crippen LogP contribution < -0.4 is 10.9 Å². The maximum atomic E-state index is 12.0. The van der Waals surface area contributed by atoms with E-state index >= 15 is 0 Å². The molecule has 0 unspecified atom stereocenters. The van der Waals surface area contributed by atoms with Gasteiger partial charge in [-0.15, -0.1) is 0 Å². The summed E-state index contributed by atoms with van der Waals surface area (Å²) in [6, 6.07) is 9.91. The van der Waals surface area contributed by atoms with E-state index in [-0.39, 0.29) is 5.56 Å². The van der Waals surface area contributed by atoms with Crippen molar-refractivity contribution < 1.29 is 0 Å². The largest absolute Gasteiger partial charge is 0.322 e. The molecule has 2 N–H and O–H groups in total. The Hall–Kier alpha value is -1.61. The lowest BCUT2D eigenvalue weighted by Gasteiger charge is -2.09. The van der Waals surface area contributed by atoms with Crippen molar-refractivity contribution in [2.24, 2.45) is 5.92 Å². The van der Waals surface area contributed by atoms with Crippen LogP contribution in [0.15, 0.2) is 35.1 Å². The standard InChI is InChI=1S/C17H22N2O/c20-17-15(11-14-7-3-4-8-16(14)19-17)12-18-10-9-13-5-1-2-6-13/h3-4,7-8,11,13,18H,1-2,5-6,9-10,12H2,(H,19,20). The van der Waals surface area contributed by atoms with E-state index in [4.69, 9.17) is 0 Å². The van der Waals surface area contributed by atoms with E-state index in [0.29, 0.717) is 6.54 Å². The van der Waals surface area contributed by atoms with Gasteiger partial charge in [-0.3, -0.25) is 4.79 Å². The summed E-state index contributed by atoms with van der Waals surface area (Å²) in [6.07, 6.45) is 6.81. The number of H-pyrrole nitrogens is 1. The van der Waals surface area contributed by atoms with Crippen LogP contribution in [-0.4, -0.2) is 11.5 Å². The highest BCUT2D eigenvalue weighted by Gasteiger charge is 2.14. The Morgan fingerprint density at radius 3 is 2.85 bits per heavy atom. The molecule has 1 aromatic carbocycles. The topological polar surface area (TPSA) is 44.9 Å². The van der Waals surface area contributed by atoms with E-state index in [0.717, 1.165) is 28.9 Å². The number of pyridine rings is 1. The fraction of sp³-hybridized carbons (Fsp3) is 0.471. The smallest absolute Gasteiger partial charge is 0.252 e. The first kappa shape index (κ1) is 13.4. The molecule has 1 aliphatic rings. The highest BCUT2D eigenvalue weighted by molar-refractivity contribution is 5.78. The molecular weight excluding hydrogens is 248 g/mol. The van der Waals surface area contributed by atoms with Gasteiger partial charge in [0.25, 0.3) is 5.56 Å². The van der Waals surface area contributed by atoms with Crippen LogP contribution in [0.5, 0.6) is 0 Å². The normalized spacial score (nSPS) is 16.0. The number of rotatable bonds is 5. The summed E-state index contributed by atoms with van der Waals surface area (Å²) in [5.41, 5.74) is 1.76. The van der Waals surface area contributed by atoms with Crippen LogP contribution in [0.1, 0.15) is 37.7 Å². The summed E-state index contributed by atoms with van der Waals surface area (Å²) >= 11 is 0. The molecule has 3 nitrogen and oxygen atoms in total. The number of hydrogen-bond donors (Lipinski definition) is 2. The summed E-state index contributed by atoms with van der Waals surface area (Å²) in [5.74, 6) is 0.900. The summed E-state index contributed by atoms with van der Waals surface area (Å²) in [7, 11) is 0.